The first-order chi connectivity index (χ1) is 8.88. The largest absolute Gasteiger partial charge is 0.367 e. The number of nitrogens with zero attached hydrogens (tertiary/aromatic N) is 2. The summed E-state index contributed by atoms with van der Waals surface area (Å²) in [5.74, 6) is 1.13. The lowest BCUT2D eigenvalue weighted by Gasteiger charge is -2.35. The highest BCUT2D eigenvalue weighted by Crippen LogP contribution is 2.35. The molecular weight excluding hydrogens is 222 g/mol. The second kappa shape index (κ2) is 5.27. The molecule has 0 aromatic carbocycles. The molecule has 0 radical (unpaired) electrons. The van der Waals surface area contributed by atoms with Gasteiger partial charge < -0.3 is 5.32 Å². The molecule has 1 aliphatic heterocycles. The Bertz CT molecular complexity index is 400. The van der Waals surface area contributed by atoms with E-state index in [0.717, 1.165) is 12.4 Å². The molecular formula is C15H23N3. The maximum absolute atomic E-state index is 4.57. The van der Waals surface area contributed by atoms with Gasteiger partial charge in [-0.3, -0.25) is 4.90 Å². The molecule has 1 atom stereocenters. The second-order valence-electron chi connectivity index (χ2n) is 5.50. The SMILES string of the molecule is CCN1CCCC[C@H]1c1cccnc1NC1CC1. The fourth-order valence-electron chi connectivity index (χ4n) is 2.95. The van der Waals surface area contributed by atoms with E-state index in [2.05, 4.69) is 34.3 Å². The van der Waals surface area contributed by atoms with E-state index in [1.54, 1.807) is 0 Å². The van der Waals surface area contributed by atoms with E-state index in [9.17, 15) is 0 Å². The van der Waals surface area contributed by atoms with E-state index in [1.807, 2.05) is 6.20 Å². The van der Waals surface area contributed by atoms with E-state index in [0.29, 0.717) is 12.1 Å². The van der Waals surface area contributed by atoms with Gasteiger partial charge in [0.1, 0.15) is 5.82 Å². The maximum atomic E-state index is 4.57. The Labute approximate surface area is 110 Å². The Hall–Kier alpha value is -1.09. The van der Waals surface area contributed by atoms with Crippen LogP contribution in [0.5, 0.6) is 0 Å². The van der Waals surface area contributed by atoms with Gasteiger partial charge in [0.05, 0.1) is 0 Å². The van der Waals surface area contributed by atoms with Crippen molar-refractivity contribution in [1.29, 1.82) is 0 Å². The molecule has 2 heterocycles. The summed E-state index contributed by atoms with van der Waals surface area (Å²) in [7, 11) is 0. The van der Waals surface area contributed by atoms with Crippen LogP contribution in [0.2, 0.25) is 0 Å². The van der Waals surface area contributed by atoms with E-state index in [4.69, 9.17) is 0 Å². The molecule has 18 heavy (non-hydrogen) atoms. The van der Waals surface area contributed by atoms with Crippen LogP contribution in [0.25, 0.3) is 0 Å². The maximum Gasteiger partial charge on any atom is 0.130 e. The summed E-state index contributed by atoms with van der Waals surface area (Å²) in [6.07, 6.45) is 8.48. The van der Waals surface area contributed by atoms with Crippen LogP contribution >= 0.6 is 0 Å². The molecule has 0 unspecified atom stereocenters. The number of nitrogens with one attached hydrogen (secondary N) is 1. The smallest absolute Gasteiger partial charge is 0.130 e. The first-order valence-corrected chi connectivity index (χ1v) is 7.34. The van der Waals surface area contributed by atoms with Gasteiger partial charge in [0.25, 0.3) is 0 Å². The molecule has 0 spiro atoms. The van der Waals surface area contributed by atoms with Gasteiger partial charge >= 0.3 is 0 Å². The highest BCUT2D eigenvalue weighted by molar-refractivity contribution is 5.47. The number of piperidine rings is 1. The Morgan fingerprint density at radius 2 is 2.22 bits per heavy atom. The van der Waals surface area contributed by atoms with Crippen molar-refractivity contribution in [3.05, 3.63) is 23.9 Å². The topological polar surface area (TPSA) is 28.2 Å². The van der Waals surface area contributed by atoms with Gasteiger partial charge in [-0.05, 0) is 44.8 Å². The Morgan fingerprint density at radius 1 is 1.33 bits per heavy atom. The summed E-state index contributed by atoms with van der Waals surface area (Å²) in [5, 5.41) is 3.59. The fraction of sp³-hybridized carbons (Fsp3) is 0.667. The van der Waals surface area contributed by atoms with Gasteiger partial charge in [-0.1, -0.05) is 19.4 Å². The molecule has 2 aliphatic rings. The molecule has 1 aliphatic carbocycles. The zero-order valence-corrected chi connectivity index (χ0v) is 11.2. The van der Waals surface area contributed by atoms with Crippen LogP contribution in [-0.4, -0.2) is 29.0 Å². The third-order valence-electron chi connectivity index (χ3n) is 4.14. The molecule has 2 fully saturated rings. The number of hydrogen-bond donors (Lipinski definition) is 1. The van der Waals surface area contributed by atoms with Crippen molar-refractivity contribution in [2.24, 2.45) is 0 Å². The molecule has 1 saturated heterocycles. The van der Waals surface area contributed by atoms with Gasteiger partial charge in [-0.15, -0.1) is 0 Å². The molecule has 0 bridgehead atoms. The molecule has 3 rings (SSSR count). The van der Waals surface area contributed by atoms with Crippen LogP contribution < -0.4 is 5.32 Å². The third-order valence-corrected chi connectivity index (χ3v) is 4.14. The third kappa shape index (κ3) is 2.51. The summed E-state index contributed by atoms with van der Waals surface area (Å²) in [4.78, 5) is 7.16. The van der Waals surface area contributed by atoms with E-state index < -0.39 is 0 Å². The van der Waals surface area contributed by atoms with E-state index in [-0.39, 0.29) is 0 Å². The molecule has 1 aromatic rings. The minimum atomic E-state index is 0.568. The summed E-state index contributed by atoms with van der Waals surface area (Å²) >= 11 is 0. The number of anilines is 1. The van der Waals surface area contributed by atoms with Crippen molar-refractivity contribution in [2.75, 3.05) is 18.4 Å². The molecule has 1 aromatic heterocycles. The molecule has 98 valence electrons. The number of hydrogen-bond acceptors (Lipinski definition) is 3. The number of aromatic nitrogens is 1. The van der Waals surface area contributed by atoms with Crippen LogP contribution in [0.3, 0.4) is 0 Å². The average molecular weight is 245 g/mol. The quantitative estimate of drug-likeness (QED) is 0.883. The van der Waals surface area contributed by atoms with Gasteiger partial charge in [-0.25, -0.2) is 4.98 Å². The van der Waals surface area contributed by atoms with Crippen molar-refractivity contribution in [3.63, 3.8) is 0 Å². The van der Waals surface area contributed by atoms with Crippen molar-refractivity contribution in [2.45, 2.75) is 51.1 Å². The minimum Gasteiger partial charge on any atom is -0.367 e. The lowest BCUT2D eigenvalue weighted by Crippen LogP contribution is -2.33. The standard InChI is InChI=1S/C15H23N3/c1-2-18-11-4-3-7-14(18)13-6-5-10-16-15(13)17-12-8-9-12/h5-6,10,12,14H,2-4,7-9,11H2,1H3,(H,16,17)/t14-/m0/s1. The summed E-state index contributed by atoms with van der Waals surface area (Å²) in [5.41, 5.74) is 1.41. The fourth-order valence-corrected chi connectivity index (χ4v) is 2.95. The predicted octanol–water partition coefficient (Wildman–Crippen LogP) is 3.20. The van der Waals surface area contributed by atoms with Gasteiger partial charge in [0.15, 0.2) is 0 Å². The zero-order valence-electron chi connectivity index (χ0n) is 11.2. The average Bonchev–Trinajstić information content (AvgIpc) is 3.23. The van der Waals surface area contributed by atoms with Crippen molar-refractivity contribution >= 4 is 5.82 Å². The predicted molar refractivity (Wildman–Crippen MR) is 74.7 cm³/mol. The van der Waals surface area contributed by atoms with Gasteiger partial charge in [0.2, 0.25) is 0 Å². The van der Waals surface area contributed by atoms with Crippen LogP contribution in [0.4, 0.5) is 5.82 Å². The number of likely N-dealkylation sites (tertiary alicyclic amines) is 1. The highest BCUT2D eigenvalue weighted by Gasteiger charge is 2.27. The zero-order chi connectivity index (χ0) is 12.4. The molecule has 3 nitrogen and oxygen atoms in total. The minimum absolute atomic E-state index is 0.568. The first-order valence-electron chi connectivity index (χ1n) is 7.34. The second-order valence-corrected chi connectivity index (χ2v) is 5.50. The lowest BCUT2D eigenvalue weighted by atomic mass is 9.95. The monoisotopic (exact) mass is 245 g/mol. The highest BCUT2D eigenvalue weighted by atomic mass is 15.2. The Morgan fingerprint density at radius 3 is 3.00 bits per heavy atom. The summed E-state index contributed by atoms with van der Waals surface area (Å²) < 4.78 is 0. The van der Waals surface area contributed by atoms with Crippen LogP contribution in [0, 0.1) is 0 Å². The summed E-state index contributed by atoms with van der Waals surface area (Å²) in [6.45, 7) is 4.64. The van der Waals surface area contributed by atoms with Crippen LogP contribution in [-0.2, 0) is 0 Å². The van der Waals surface area contributed by atoms with Crippen molar-refractivity contribution < 1.29 is 0 Å². The first kappa shape index (κ1) is 12.0. The van der Waals surface area contributed by atoms with Crippen LogP contribution in [0.1, 0.15) is 50.6 Å². The van der Waals surface area contributed by atoms with Crippen molar-refractivity contribution in [3.8, 4) is 0 Å². The van der Waals surface area contributed by atoms with Crippen LogP contribution in [0.15, 0.2) is 18.3 Å². The van der Waals surface area contributed by atoms with E-state index in [1.165, 1.54) is 44.2 Å². The molecule has 3 heteroatoms. The van der Waals surface area contributed by atoms with Crippen molar-refractivity contribution in [1.82, 2.24) is 9.88 Å². The lowest BCUT2D eigenvalue weighted by molar-refractivity contribution is 0.157. The van der Waals surface area contributed by atoms with Gasteiger partial charge in [-0.2, -0.15) is 0 Å². The molecule has 0 amide bonds. The normalized spacial score (nSPS) is 25.1. The molecule has 1 N–H and O–H groups in total. The van der Waals surface area contributed by atoms with E-state index >= 15 is 0 Å². The Balaban J connectivity index is 1.84. The number of rotatable bonds is 4. The van der Waals surface area contributed by atoms with Gasteiger partial charge in [0, 0.05) is 23.8 Å². The Kier molecular flexibility index (Phi) is 3.50. The molecule has 1 saturated carbocycles. The number of pyridine rings is 1. The summed E-state index contributed by atoms with van der Waals surface area (Å²) in [6, 6.07) is 5.59.